The largest absolute Gasteiger partial charge is 0.352 e. The molecule has 3 nitrogen and oxygen atoms in total. The van der Waals surface area contributed by atoms with Gasteiger partial charge in [-0.2, -0.15) is 0 Å². The zero-order valence-corrected chi connectivity index (χ0v) is 17.8. The second-order valence-corrected chi connectivity index (χ2v) is 7.57. The van der Waals surface area contributed by atoms with Crippen molar-refractivity contribution < 1.29 is 9.59 Å². The van der Waals surface area contributed by atoms with Crippen LogP contribution in [0.3, 0.4) is 0 Å². The molecule has 1 aromatic rings. The highest BCUT2D eigenvalue weighted by molar-refractivity contribution is 5.78. The molecule has 0 saturated heterocycles. The summed E-state index contributed by atoms with van der Waals surface area (Å²) in [6.45, 7) is 2.82. The Morgan fingerprint density at radius 3 is 2.21 bits per heavy atom. The summed E-state index contributed by atoms with van der Waals surface area (Å²) in [6.07, 6.45) is 17.4. The van der Waals surface area contributed by atoms with Crippen LogP contribution < -0.4 is 5.32 Å². The fourth-order valence-corrected chi connectivity index (χ4v) is 3.14. The van der Waals surface area contributed by atoms with Crippen molar-refractivity contribution in [3.05, 3.63) is 48.0 Å². The number of Topliss-reactive ketones (excluding diaryl/α,β-unsaturated/α-hetero) is 1. The van der Waals surface area contributed by atoms with E-state index in [1.807, 2.05) is 30.3 Å². The Morgan fingerprint density at radius 2 is 1.46 bits per heavy atom. The number of rotatable bonds is 17. The van der Waals surface area contributed by atoms with Gasteiger partial charge in [0, 0.05) is 25.8 Å². The predicted octanol–water partition coefficient (Wildman–Crippen LogP) is 6.52. The van der Waals surface area contributed by atoms with Crippen molar-refractivity contribution in [1.29, 1.82) is 0 Å². The van der Waals surface area contributed by atoms with E-state index in [-0.39, 0.29) is 5.91 Å². The van der Waals surface area contributed by atoms with Crippen molar-refractivity contribution in [2.24, 2.45) is 0 Å². The van der Waals surface area contributed by atoms with E-state index in [0.717, 1.165) is 50.5 Å². The molecule has 0 fully saturated rings. The SMILES string of the molecule is CCCCCC=CCCC(=O)CCCCCCCC(=O)NCc1ccccc1. The smallest absolute Gasteiger partial charge is 0.220 e. The normalized spacial score (nSPS) is 11.0. The Kier molecular flexibility index (Phi) is 14.8. The molecule has 0 bridgehead atoms. The first kappa shape index (κ1) is 24.1. The van der Waals surface area contributed by atoms with Gasteiger partial charge < -0.3 is 5.32 Å². The quantitative estimate of drug-likeness (QED) is 0.245. The van der Waals surface area contributed by atoms with Crippen molar-refractivity contribution in [3.63, 3.8) is 0 Å². The maximum Gasteiger partial charge on any atom is 0.220 e. The molecule has 1 amide bonds. The fourth-order valence-electron chi connectivity index (χ4n) is 3.14. The van der Waals surface area contributed by atoms with Crippen LogP contribution in [0.15, 0.2) is 42.5 Å². The third-order valence-corrected chi connectivity index (χ3v) is 4.92. The summed E-state index contributed by atoms with van der Waals surface area (Å²) >= 11 is 0. The molecule has 28 heavy (non-hydrogen) atoms. The van der Waals surface area contributed by atoms with Gasteiger partial charge in [0.1, 0.15) is 5.78 Å². The summed E-state index contributed by atoms with van der Waals surface area (Å²) in [7, 11) is 0. The molecule has 3 heteroatoms. The minimum atomic E-state index is 0.127. The predicted molar refractivity (Wildman–Crippen MR) is 118 cm³/mol. The number of hydrogen-bond donors (Lipinski definition) is 1. The number of allylic oxidation sites excluding steroid dienone is 2. The van der Waals surface area contributed by atoms with Crippen LogP contribution in [-0.2, 0) is 16.1 Å². The van der Waals surface area contributed by atoms with Crippen molar-refractivity contribution in [2.75, 3.05) is 0 Å². The van der Waals surface area contributed by atoms with Gasteiger partial charge in [0.25, 0.3) is 0 Å². The van der Waals surface area contributed by atoms with Gasteiger partial charge in [-0.15, -0.1) is 0 Å². The summed E-state index contributed by atoms with van der Waals surface area (Å²) in [6, 6.07) is 9.98. The second-order valence-electron chi connectivity index (χ2n) is 7.57. The highest BCUT2D eigenvalue weighted by Gasteiger charge is 2.03. The summed E-state index contributed by atoms with van der Waals surface area (Å²) in [5.41, 5.74) is 1.13. The molecule has 1 N–H and O–H groups in total. The van der Waals surface area contributed by atoms with Gasteiger partial charge in [-0.3, -0.25) is 9.59 Å². The van der Waals surface area contributed by atoms with Crippen LogP contribution in [0.25, 0.3) is 0 Å². The molecule has 0 atom stereocenters. The summed E-state index contributed by atoms with van der Waals surface area (Å²) in [5.74, 6) is 0.514. The molecule has 0 spiro atoms. The number of amides is 1. The first-order valence-electron chi connectivity index (χ1n) is 11.2. The molecule has 1 aromatic carbocycles. The molecule has 0 unspecified atom stereocenters. The molecular formula is C25H39NO2. The van der Waals surface area contributed by atoms with Crippen molar-refractivity contribution >= 4 is 11.7 Å². The molecule has 0 aromatic heterocycles. The Labute approximate surface area is 172 Å². The van der Waals surface area contributed by atoms with E-state index in [0.29, 0.717) is 31.6 Å². The lowest BCUT2D eigenvalue weighted by Crippen LogP contribution is -2.22. The average molecular weight is 386 g/mol. The molecule has 0 aliphatic heterocycles. The van der Waals surface area contributed by atoms with Gasteiger partial charge in [0.2, 0.25) is 5.91 Å². The van der Waals surface area contributed by atoms with E-state index in [1.165, 1.54) is 19.3 Å². The number of hydrogen-bond acceptors (Lipinski definition) is 2. The summed E-state index contributed by atoms with van der Waals surface area (Å²) in [5, 5.41) is 2.97. The third kappa shape index (κ3) is 14.2. The zero-order chi connectivity index (χ0) is 20.3. The van der Waals surface area contributed by atoms with Crippen LogP contribution in [0.5, 0.6) is 0 Å². The third-order valence-electron chi connectivity index (χ3n) is 4.92. The van der Waals surface area contributed by atoms with Crippen LogP contribution in [0.4, 0.5) is 0 Å². The van der Waals surface area contributed by atoms with Crippen molar-refractivity contribution in [3.8, 4) is 0 Å². The minimum absolute atomic E-state index is 0.127. The number of benzene rings is 1. The maximum absolute atomic E-state index is 11.9. The van der Waals surface area contributed by atoms with Crippen LogP contribution in [0.1, 0.15) is 96.0 Å². The molecule has 0 radical (unpaired) electrons. The molecule has 1 rings (SSSR count). The lowest BCUT2D eigenvalue weighted by molar-refractivity contribution is -0.121. The molecule has 0 aliphatic carbocycles. The van der Waals surface area contributed by atoms with Crippen LogP contribution in [0, 0.1) is 0 Å². The highest BCUT2D eigenvalue weighted by atomic mass is 16.1. The first-order valence-corrected chi connectivity index (χ1v) is 11.2. The Morgan fingerprint density at radius 1 is 0.786 bits per heavy atom. The van der Waals surface area contributed by atoms with Gasteiger partial charge in [-0.1, -0.05) is 81.5 Å². The van der Waals surface area contributed by atoms with Gasteiger partial charge in [-0.25, -0.2) is 0 Å². The van der Waals surface area contributed by atoms with Gasteiger partial charge in [0.05, 0.1) is 0 Å². The topological polar surface area (TPSA) is 46.2 Å². The number of carbonyl (C=O) groups is 2. The fraction of sp³-hybridized carbons (Fsp3) is 0.600. The van der Waals surface area contributed by atoms with Crippen molar-refractivity contribution in [1.82, 2.24) is 5.32 Å². The van der Waals surface area contributed by atoms with E-state index in [4.69, 9.17) is 0 Å². The molecular weight excluding hydrogens is 346 g/mol. The lowest BCUT2D eigenvalue weighted by atomic mass is 10.0. The van der Waals surface area contributed by atoms with E-state index < -0.39 is 0 Å². The van der Waals surface area contributed by atoms with E-state index in [1.54, 1.807) is 0 Å². The Bertz CT molecular complexity index is 551. The lowest BCUT2D eigenvalue weighted by Gasteiger charge is -2.05. The average Bonchev–Trinajstić information content (AvgIpc) is 2.71. The second kappa shape index (κ2) is 17.2. The number of ketones is 1. The minimum Gasteiger partial charge on any atom is -0.352 e. The molecule has 0 saturated carbocycles. The number of carbonyl (C=O) groups excluding carboxylic acids is 2. The van der Waals surface area contributed by atoms with Crippen LogP contribution in [0.2, 0.25) is 0 Å². The van der Waals surface area contributed by atoms with Crippen LogP contribution >= 0.6 is 0 Å². The monoisotopic (exact) mass is 385 g/mol. The molecule has 0 aliphatic rings. The maximum atomic E-state index is 11.9. The summed E-state index contributed by atoms with van der Waals surface area (Å²) in [4.78, 5) is 23.7. The van der Waals surface area contributed by atoms with Gasteiger partial charge in [-0.05, 0) is 37.7 Å². The van der Waals surface area contributed by atoms with Gasteiger partial charge >= 0.3 is 0 Å². The number of nitrogens with one attached hydrogen (secondary N) is 1. The number of unbranched alkanes of at least 4 members (excludes halogenated alkanes) is 7. The van der Waals surface area contributed by atoms with Gasteiger partial charge in [0.15, 0.2) is 0 Å². The first-order chi connectivity index (χ1) is 13.7. The Balaban J connectivity index is 1.88. The standard InChI is InChI=1S/C25H39NO2/c1-2-3-4-5-6-8-14-19-24(27)20-15-9-7-10-16-21-25(28)26-22-23-17-12-11-13-18-23/h6,8,11-13,17-18H,2-5,7,9-10,14-16,19-22H2,1H3,(H,26,28). The van der Waals surface area contributed by atoms with E-state index in [2.05, 4.69) is 24.4 Å². The zero-order valence-electron chi connectivity index (χ0n) is 17.8. The summed E-state index contributed by atoms with van der Waals surface area (Å²) < 4.78 is 0. The van der Waals surface area contributed by atoms with Crippen molar-refractivity contribution in [2.45, 2.75) is 96.9 Å². The molecule has 0 heterocycles. The molecule has 156 valence electrons. The van der Waals surface area contributed by atoms with Crippen LogP contribution in [-0.4, -0.2) is 11.7 Å². The van der Waals surface area contributed by atoms with E-state index >= 15 is 0 Å². The highest BCUT2D eigenvalue weighted by Crippen LogP contribution is 2.10. The van der Waals surface area contributed by atoms with E-state index in [9.17, 15) is 9.59 Å². The Hall–Kier alpha value is -1.90.